The van der Waals surface area contributed by atoms with Gasteiger partial charge >= 0.3 is 0 Å². The molecular weight excluding hydrogens is 308 g/mol. The summed E-state index contributed by atoms with van der Waals surface area (Å²) >= 11 is 0. The van der Waals surface area contributed by atoms with Crippen LogP contribution in [-0.4, -0.2) is 63.9 Å². The Bertz CT molecular complexity index is 568. The number of ether oxygens (including phenoxy) is 3. The molecule has 1 saturated heterocycles. The van der Waals surface area contributed by atoms with Gasteiger partial charge in [0.1, 0.15) is 0 Å². The van der Waals surface area contributed by atoms with E-state index in [1.54, 1.807) is 20.3 Å². The molecule has 1 aromatic rings. The van der Waals surface area contributed by atoms with E-state index in [-0.39, 0.29) is 11.9 Å². The number of para-hydroxylation sites is 1. The number of nitrogens with zero attached hydrogens (tertiary/aromatic N) is 1. The first-order valence-corrected chi connectivity index (χ1v) is 8.13. The van der Waals surface area contributed by atoms with E-state index in [1.165, 1.54) is 6.08 Å². The van der Waals surface area contributed by atoms with Crippen LogP contribution in [0, 0.1) is 0 Å². The van der Waals surface area contributed by atoms with Crippen LogP contribution in [0.15, 0.2) is 24.3 Å². The fourth-order valence-electron chi connectivity index (χ4n) is 2.72. The standard InChI is InChI=1S/C18H26N2O4/c1-14(13-20-9-11-24-12-10-20)19-17(21)8-7-15-5-4-6-16(22-2)18(15)23-3/h4-8,14H,9-13H2,1-3H3,(H,19,21)/b8-7+/t14-/m0/s1. The zero-order valence-electron chi connectivity index (χ0n) is 14.6. The number of methoxy groups -OCH3 is 2. The molecule has 1 heterocycles. The fourth-order valence-corrected chi connectivity index (χ4v) is 2.72. The second-order valence-corrected chi connectivity index (χ2v) is 5.74. The molecule has 1 atom stereocenters. The van der Waals surface area contributed by atoms with Gasteiger partial charge in [0.05, 0.1) is 27.4 Å². The fraction of sp³-hybridized carbons (Fsp3) is 0.500. The van der Waals surface area contributed by atoms with Crippen molar-refractivity contribution in [3.8, 4) is 11.5 Å². The van der Waals surface area contributed by atoms with Crippen molar-refractivity contribution in [2.45, 2.75) is 13.0 Å². The lowest BCUT2D eigenvalue weighted by molar-refractivity contribution is -0.117. The highest BCUT2D eigenvalue weighted by Gasteiger charge is 2.14. The van der Waals surface area contributed by atoms with Gasteiger partial charge in [-0.2, -0.15) is 0 Å². The molecule has 1 aromatic carbocycles. The molecule has 6 heteroatoms. The Balaban J connectivity index is 1.90. The largest absolute Gasteiger partial charge is 0.493 e. The molecule has 1 amide bonds. The molecule has 0 aromatic heterocycles. The first-order valence-electron chi connectivity index (χ1n) is 8.13. The Morgan fingerprint density at radius 2 is 2.08 bits per heavy atom. The SMILES string of the molecule is COc1cccc(/C=C/C(=O)N[C@@H](C)CN2CCOCC2)c1OC. The third-order valence-corrected chi connectivity index (χ3v) is 3.87. The Labute approximate surface area is 143 Å². The molecule has 24 heavy (non-hydrogen) atoms. The summed E-state index contributed by atoms with van der Waals surface area (Å²) in [4.78, 5) is 14.4. The van der Waals surface area contributed by atoms with Gasteiger partial charge in [-0.15, -0.1) is 0 Å². The lowest BCUT2D eigenvalue weighted by Gasteiger charge is -2.29. The maximum Gasteiger partial charge on any atom is 0.244 e. The normalized spacial score (nSPS) is 16.8. The molecule has 6 nitrogen and oxygen atoms in total. The highest BCUT2D eigenvalue weighted by Crippen LogP contribution is 2.31. The van der Waals surface area contributed by atoms with Crippen LogP contribution in [0.3, 0.4) is 0 Å². The third-order valence-electron chi connectivity index (χ3n) is 3.87. The molecule has 0 spiro atoms. The number of carbonyl (C=O) groups is 1. The highest BCUT2D eigenvalue weighted by atomic mass is 16.5. The summed E-state index contributed by atoms with van der Waals surface area (Å²) in [5, 5.41) is 2.98. The molecule has 0 saturated carbocycles. The maximum atomic E-state index is 12.1. The van der Waals surface area contributed by atoms with Gasteiger partial charge in [-0.1, -0.05) is 12.1 Å². The van der Waals surface area contributed by atoms with Crippen LogP contribution in [0.5, 0.6) is 11.5 Å². The first kappa shape index (κ1) is 18.3. The molecule has 0 bridgehead atoms. The summed E-state index contributed by atoms with van der Waals surface area (Å²) in [6.45, 7) is 6.18. The van der Waals surface area contributed by atoms with Crippen LogP contribution >= 0.6 is 0 Å². The molecule has 0 radical (unpaired) electrons. The van der Waals surface area contributed by atoms with Gasteiger partial charge in [-0.25, -0.2) is 0 Å². The number of amides is 1. The van der Waals surface area contributed by atoms with E-state index in [1.807, 2.05) is 25.1 Å². The van der Waals surface area contributed by atoms with Crippen LogP contribution in [0.1, 0.15) is 12.5 Å². The van der Waals surface area contributed by atoms with Crippen LogP contribution in [-0.2, 0) is 9.53 Å². The van der Waals surface area contributed by atoms with Gasteiger partial charge in [0.15, 0.2) is 11.5 Å². The number of nitrogens with one attached hydrogen (secondary N) is 1. The van der Waals surface area contributed by atoms with Gasteiger partial charge in [-0.05, 0) is 19.1 Å². The number of rotatable bonds is 7. The van der Waals surface area contributed by atoms with E-state index < -0.39 is 0 Å². The van der Waals surface area contributed by atoms with Gasteiger partial charge < -0.3 is 19.5 Å². The van der Waals surface area contributed by atoms with E-state index in [0.29, 0.717) is 11.5 Å². The minimum atomic E-state index is -0.124. The zero-order chi connectivity index (χ0) is 17.4. The smallest absolute Gasteiger partial charge is 0.244 e. The molecule has 2 rings (SSSR count). The number of hydrogen-bond donors (Lipinski definition) is 1. The molecule has 0 unspecified atom stereocenters. The Morgan fingerprint density at radius 1 is 1.33 bits per heavy atom. The minimum absolute atomic E-state index is 0.0763. The molecular formula is C18H26N2O4. The van der Waals surface area contributed by atoms with Crippen LogP contribution in [0.4, 0.5) is 0 Å². The van der Waals surface area contributed by atoms with Crippen molar-refractivity contribution in [1.29, 1.82) is 0 Å². The van der Waals surface area contributed by atoms with Crippen LogP contribution in [0.25, 0.3) is 6.08 Å². The number of carbonyl (C=O) groups excluding carboxylic acids is 1. The average Bonchev–Trinajstić information content (AvgIpc) is 2.60. The average molecular weight is 334 g/mol. The number of hydrogen-bond acceptors (Lipinski definition) is 5. The molecule has 132 valence electrons. The minimum Gasteiger partial charge on any atom is -0.493 e. The van der Waals surface area contributed by atoms with E-state index >= 15 is 0 Å². The summed E-state index contributed by atoms with van der Waals surface area (Å²) in [6, 6.07) is 5.63. The van der Waals surface area contributed by atoms with Gasteiger partial charge in [0, 0.05) is 37.3 Å². The van der Waals surface area contributed by atoms with Crippen molar-refractivity contribution in [1.82, 2.24) is 10.2 Å². The van der Waals surface area contributed by atoms with E-state index in [4.69, 9.17) is 14.2 Å². The summed E-state index contributed by atoms with van der Waals surface area (Å²) in [7, 11) is 3.17. The molecule has 1 N–H and O–H groups in total. The van der Waals surface area contributed by atoms with Crippen molar-refractivity contribution in [3.05, 3.63) is 29.8 Å². The van der Waals surface area contributed by atoms with Crippen molar-refractivity contribution in [2.75, 3.05) is 47.1 Å². The summed E-state index contributed by atoms with van der Waals surface area (Å²) < 4.78 is 15.9. The van der Waals surface area contributed by atoms with Gasteiger partial charge in [0.2, 0.25) is 5.91 Å². The second kappa shape index (κ2) is 9.30. The number of benzene rings is 1. The van der Waals surface area contributed by atoms with Crippen molar-refractivity contribution < 1.29 is 19.0 Å². The molecule has 1 fully saturated rings. The van der Waals surface area contributed by atoms with Crippen LogP contribution < -0.4 is 14.8 Å². The lowest BCUT2D eigenvalue weighted by Crippen LogP contribution is -2.45. The molecule has 1 aliphatic heterocycles. The summed E-state index contributed by atoms with van der Waals surface area (Å²) in [6.07, 6.45) is 3.26. The quantitative estimate of drug-likeness (QED) is 0.767. The monoisotopic (exact) mass is 334 g/mol. The molecule has 0 aliphatic carbocycles. The maximum absolute atomic E-state index is 12.1. The summed E-state index contributed by atoms with van der Waals surface area (Å²) in [5.41, 5.74) is 0.799. The predicted molar refractivity (Wildman–Crippen MR) is 93.4 cm³/mol. The number of morpholine rings is 1. The van der Waals surface area contributed by atoms with Crippen molar-refractivity contribution >= 4 is 12.0 Å². The predicted octanol–water partition coefficient (Wildman–Crippen LogP) is 1.55. The first-order chi connectivity index (χ1) is 11.6. The van der Waals surface area contributed by atoms with E-state index in [0.717, 1.165) is 38.4 Å². The van der Waals surface area contributed by atoms with Gasteiger partial charge in [-0.3, -0.25) is 9.69 Å². The van der Waals surface area contributed by atoms with Crippen molar-refractivity contribution in [3.63, 3.8) is 0 Å². The summed E-state index contributed by atoms with van der Waals surface area (Å²) in [5.74, 6) is 1.13. The second-order valence-electron chi connectivity index (χ2n) is 5.74. The highest BCUT2D eigenvalue weighted by molar-refractivity contribution is 5.92. The van der Waals surface area contributed by atoms with Gasteiger partial charge in [0.25, 0.3) is 0 Å². The Hall–Kier alpha value is -2.05. The zero-order valence-corrected chi connectivity index (χ0v) is 14.6. The Kier molecular flexibility index (Phi) is 7.08. The van der Waals surface area contributed by atoms with Crippen molar-refractivity contribution in [2.24, 2.45) is 0 Å². The van der Waals surface area contributed by atoms with E-state index in [9.17, 15) is 4.79 Å². The third kappa shape index (κ3) is 5.25. The lowest BCUT2D eigenvalue weighted by atomic mass is 10.1. The topological polar surface area (TPSA) is 60.0 Å². The van der Waals surface area contributed by atoms with Crippen LogP contribution in [0.2, 0.25) is 0 Å². The Morgan fingerprint density at radius 3 is 2.75 bits per heavy atom. The molecule has 1 aliphatic rings. The van der Waals surface area contributed by atoms with E-state index in [2.05, 4.69) is 10.2 Å².